The number of carbonyl (C=O) groups is 2. The fourth-order valence-electron chi connectivity index (χ4n) is 4.70. The van der Waals surface area contributed by atoms with E-state index in [-0.39, 0.29) is 24.8 Å². The number of ether oxygens (including phenoxy) is 3. The Bertz CT molecular complexity index is 685. The summed E-state index contributed by atoms with van der Waals surface area (Å²) in [4.78, 5) is 23.8. The van der Waals surface area contributed by atoms with Gasteiger partial charge in [0.05, 0.1) is 30.5 Å². The zero-order valence-corrected chi connectivity index (χ0v) is 19.3. The topological polar surface area (TPSA) is 123 Å². The molecule has 0 aromatic rings. The lowest BCUT2D eigenvalue weighted by Gasteiger charge is -2.37. The molecular weight excluding hydrogens is 404 g/mol. The average Bonchev–Trinajstić information content (AvgIpc) is 3.10. The first-order valence-corrected chi connectivity index (χ1v) is 11.0. The van der Waals surface area contributed by atoms with E-state index in [9.17, 15) is 24.9 Å². The van der Waals surface area contributed by atoms with Crippen molar-refractivity contribution in [1.82, 2.24) is 0 Å². The van der Waals surface area contributed by atoms with E-state index in [1.165, 1.54) is 21.0 Å². The van der Waals surface area contributed by atoms with E-state index in [1.54, 1.807) is 6.92 Å². The van der Waals surface area contributed by atoms with Crippen LogP contribution in [-0.2, 0) is 23.8 Å². The van der Waals surface area contributed by atoms with Crippen LogP contribution in [0, 0.1) is 5.92 Å². The molecule has 7 atom stereocenters. The molecule has 8 heteroatoms. The monoisotopic (exact) mass is 442 g/mol. The first-order chi connectivity index (χ1) is 14.2. The Balaban J connectivity index is 2.38. The van der Waals surface area contributed by atoms with E-state index < -0.39 is 53.0 Å². The van der Waals surface area contributed by atoms with Gasteiger partial charge in [0, 0.05) is 12.5 Å². The second-order valence-corrected chi connectivity index (χ2v) is 9.81. The first-order valence-electron chi connectivity index (χ1n) is 11.0. The number of hydrogen-bond acceptors (Lipinski definition) is 8. The number of aliphatic hydroxyl groups excluding tert-OH is 1. The molecule has 2 fully saturated rings. The fraction of sp³-hybridized carbons (Fsp3) is 0.826. The predicted molar refractivity (Wildman–Crippen MR) is 113 cm³/mol. The van der Waals surface area contributed by atoms with Gasteiger partial charge < -0.3 is 29.5 Å². The number of hydrogen-bond donors (Lipinski definition) is 3. The van der Waals surface area contributed by atoms with Crippen molar-refractivity contribution in [2.24, 2.45) is 5.92 Å². The van der Waals surface area contributed by atoms with Gasteiger partial charge in [-0.2, -0.15) is 0 Å². The van der Waals surface area contributed by atoms with Crippen LogP contribution in [-0.4, -0.2) is 69.5 Å². The molecule has 0 spiro atoms. The van der Waals surface area contributed by atoms with Crippen molar-refractivity contribution in [3.8, 4) is 0 Å². The van der Waals surface area contributed by atoms with Crippen LogP contribution in [0.25, 0.3) is 0 Å². The molecule has 0 saturated carbocycles. The smallest absolute Gasteiger partial charge is 0.333 e. The summed E-state index contributed by atoms with van der Waals surface area (Å²) in [6.45, 7) is 10.2. The number of fused-ring (bicyclic) bond motifs is 2. The Labute approximate surface area is 184 Å². The van der Waals surface area contributed by atoms with Crippen molar-refractivity contribution in [2.45, 2.75) is 108 Å². The van der Waals surface area contributed by atoms with Gasteiger partial charge in [-0.05, 0) is 71.6 Å². The summed E-state index contributed by atoms with van der Waals surface area (Å²) in [6, 6.07) is 0. The average molecular weight is 443 g/mol. The molecule has 2 aliphatic rings. The second-order valence-electron chi connectivity index (χ2n) is 9.81. The summed E-state index contributed by atoms with van der Waals surface area (Å²) < 4.78 is 16.6. The van der Waals surface area contributed by atoms with E-state index in [2.05, 4.69) is 6.58 Å². The van der Waals surface area contributed by atoms with Crippen molar-refractivity contribution >= 4 is 11.9 Å². The van der Waals surface area contributed by atoms with Crippen LogP contribution in [0.5, 0.6) is 0 Å². The van der Waals surface area contributed by atoms with Gasteiger partial charge in [-0.25, -0.2) is 4.79 Å². The minimum Gasteiger partial charge on any atom is -0.466 e. The quantitative estimate of drug-likeness (QED) is 0.448. The van der Waals surface area contributed by atoms with E-state index in [4.69, 9.17) is 14.2 Å². The minimum atomic E-state index is -1.49. The van der Waals surface area contributed by atoms with Crippen LogP contribution in [0.4, 0.5) is 0 Å². The molecule has 2 bridgehead atoms. The van der Waals surface area contributed by atoms with Gasteiger partial charge in [-0.3, -0.25) is 4.79 Å². The first kappa shape index (κ1) is 25.8. The summed E-state index contributed by atoms with van der Waals surface area (Å²) in [5.41, 5.74) is -3.31. The highest BCUT2D eigenvalue weighted by atomic mass is 16.6. The number of carbonyl (C=O) groups excluding carboxylic acids is 2. The lowest BCUT2D eigenvalue weighted by molar-refractivity contribution is -0.185. The summed E-state index contributed by atoms with van der Waals surface area (Å²) in [5, 5.41) is 33.0. The second kappa shape index (κ2) is 9.57. The summed E-state index contributed by atoms with van der Waals surface area (Å²) in [7, 11) is 1.26. The van der Waals surface area contributed by atoms with E-state index in [1.807, 2.05) is 6.92 Å². The third kappa shape index (κ3) is 6.06. The Kier molecular flexibility index (Phi) is 7.95. The summed E-state index contributed by atoms with van der Waals surface area (Å²) in [5.74, 6) is -1.53. The highest BCUT2D eigenvalue weighted by molar-refractivity contribution is 5.88. The number of esters is 2. The third-order valence-electron chi connectivity index (χ3n) is 7.08. The Morgan fingerprint density at radius 1 is 1.03 bits per heavy atom. The van der Waals surface area contributed by atoms with Gasteiger partial charge >= 0.3 is 11.9 Å². The zero-order chi connectivity index (χ0) is 23.6. The number of methoxy groups -OCH3 is 1. The molecule has 178 valence electrons. The molecule has 8 nitrogen and oxygen atoms in total. The molecule has 31 heavy (non-hydrogen) atoms. The predicted octanol–water partition coefficient (Wildman–Crippen LogP) is 2.03. The van der Waals surface area contributed by atoms with Crippen LogP contribution < -0.4 is 0 Å². The Morgan fingerprint density at radius 3 is 2.23 bits per heavy atom. The van der Waals surface area contributed by atoms with Crippen LogP contribution >= 0.6 is 0 Å². The molecule has 3 N–H and O–H groups in total. The molecule has 0 aliphatic carbocycles. The molecule has 0 amide bonds. The SMILES string of the molecule is C=C(C(=O)OC)[C@@H]1CC[C@@](C)(O)[C@H]2CC[C@](C)(O2)[C@@H](OC(C)=O)CC[C@](C)(O)[C@H](O)C1. The molecule has 2 heterocycles. The van der Waals surface area contributed by atoms with Crippen LogP contribution in [0.2, 0.25) is 0 Å². The molecule has 2 aliphatic heterocycles. The molecule has 0 unspecified atom stereocenters. The highest BCUT2D eigenvalue weighted by Gasteiger charge is 2.50. The Hall–Kier alpha value is -1.48. The van der Waals surface area contributed by atoms with Crippen molar-refractivity contribution in [1.29, 1.82) is 0 Å². The number of aliphatic hydroxyl groups is 3. The maximum Gasteiger partial charge on any atom is 0.333 e. The van der Waals surface area contributed by atoms with Crippen molar-refractivity contribution in [3.05, 3.63) is 12.2 Å². The lowest BCUT2D eigenvalue weighted by Crippen LogP contribution is -2.47. The largest absolute Gasteiger partial charge is 0.466 e. The highest BCUT2D eigenvalue weighted by Crippen LogP contribution is 2.43. The lowest BCUT2D eigenvalue weighted by atomic mass is 9.78. The van der Waals surface area contributed by atoms with Gasteiger partial charge in [0.2, 0.25) is 0 Å². The fourth-order valence-corrected chi connectivity index (χ4v) is 4.70. The maximum atomic E-state index is 12.1. The molecule has 2 saturated heterocycles. The van der Waals surface area contributed by atoms with E-state index >= 15 is 0 Å². The van der Waals surface area contributed by atoms with Gasteiger partial charge in [0.1, 0.15) is 11.7 Å². The standard InChI is InChI=1S/C23H38O8/c1-14(20(26)29-6)16-7-10-22(4,28)18-9-12-23(5,31-18)19(30-15(2)24)8-11-21(3,27)17(25)13-16/h16-19,25,27-28H,1,7-13H2,2-6H3/t16-,17-,18-,19+,21+,22-,23+/m1/s1. The van der Waals surface area contributed by atoms with Crippen LogP contribution in [0.1, 0.15) is 72.6 Å². The van der Waals surface area contributed by atoms with Gasteiger partial charge in [0.15, 0.2) is 0 Å². The summed E-state index contributed by atoms with van der Waals surface area (Å²) in [6.07, 6.45) is 0.0597. The summed E-state index contributed by atoms with van der Waals surface area (Å²) >= 11 is 0. The van der Waals surface area contributed by atoms with Gasteiger partial charge in [-0.15, -0.1) is 0 Å². The maximum absolute atomic E-state index is 12.1. The van der Waals surface area contributed by atoms with Crippen LogP contribution in [0.3, 0.4) is 0 Å². The number of rotatable bonds is 3. The normalized spacial score (nSPS) is 41.9. The van der Waals surface area contributed by atoms with Crippen LogP contribution in [0.15, 0.2) is 12.2 Å². The van der Waals surface area contributed by atoms with Crippen molar-refractivity contribution in [2.75, 3.05) is 7.11 Å². The molecule has 2 rings (SSSR count). The minimum absolute atomic E-state index is 0.0814. The van der Waals surface area contributed by atoms with Gasteiger partial charge in [0.25, 0.3) is 0 Å². The van der Waals surface area contributed by atoms with E-state index in [0.29, 0.717) is 25.7 Å². The third-order valence-corrected chi connectivity index (χ3v) is 7.08. The zero-order valence-electron chi connectivity index (χ0n) is 19.3. The molecule has 0 aromatic carbocycles. The molecule has 0 aromatic heterocycles. The van der Waals surface area contributed by atoms with Gasteiger partial charge in [-0.1, -0.05) is 6.58 Å². The van der Waals surface area contributed by atoms with Crippen molar-refractivity contribution < 1.29 is 39.1 Å². The van der Waals surface area contributed by atoms with Crippen molar-refractivity contribution in [3.63, 3.8) is 0 Å². The molecular formula is C23H38O8. The Morgan fingerprint density at radius 2 is 1.65 bits per heavy atom. The van der Waals surface area contributed by atoms with E-state index in [0.717, 1.165) is 0 Å². The molecule has 0 radical (unpaired) electrons.